The molecular formula is C17H17F3N4O5. The molecular weight excluding hydrogens is 397 g/mol. The van der Waals surface area contributed by atoms with Crippen LogP contribution in [-0.4, -0.2) is 46.1 Å². The predicted molar refractivity (Wildman–Crippen MR) is 92.0 cm³/mol. The molecule has 0 atom stereocenters. The number of para-hydroxylation sites is 1. The van der Waals surface area contributed by atoms with Crippen LogP contribution >= 0.6 is 0 Å². The van der Waals surface area contributed by atoms with E-state index in [1.165, 1.54) is 26.0 Å². The van der Waals surface area contributed by atoms with Crippen molar-refractivity contribution in [3.63, 3.8) is 0 Å². The van der Waals surface area contributed by atoms with Gasteiger partial charge in [-0.3, -0.25) is 4.79 Å². The van der Waals surface area contributed by atoms with Gasteiger partial charge in [0.2, 0.25) is 11.6 Å². The summed E-state index contributed by atoms with van der Waals surface area (Å²) in [6.45, 7) is 2.35. The predicted octanol–water partition coefficient (Wildman–Crippen LogP) is 2.29. The molecule has 0 saturated heterocycles. The van der Waals surface area contributed by atoms with Crippen molar-refractivity contribution < 1.29 is 37.0 Å². The van der Waals surface area contributed by atoms with Crippen LogP contribution in [-0.2, 0) is 27.0 Å². The molecule has 0 aliphatic carbocycles. The van der Waals surface area contributed by atoms with Gasteiger partial charge in [0.15, 0.2) is 5.69 Å². The molecule has 2 aromatic rings. The van der Waals surface area contributed by atoms with Gasteiger partial charge in [0, 0.05) is 0 Å². The SMILES string of the molecule is CCOC(=O)c1nnn(CC(=O)Nc2ccccc2C(F)(F)F)c1C(=O)OCC. The molecule has 1 aromatic heterocycles. The molecule has 0 bridgehead atoms. The number of nitrogens with zero attached hydrogens (tertiary/aromatic N) is 3. The van der Waals surface area contributed by atoms with Crippen molar-refractivity contribution in [1.82, 2.24) is 15.0 Å². The van der Waals surface area contributed by atoms with Crippen LogP contribution in [0.1, 0.15) is 40.4 Å². The highest BCUT2D eigenvalue weighted by Crippen LogP contribution is 2.34. The number of amides is 1. The van der Waals surface area contributed by atoms with Crippen molar-refractivity contribution in [3.8, 4) is 0 Å². The summed E-state index contributed by atoms with van der Waals surface area (Å²) in [7, 11) is 0. The van der Waals surface area contributed by atoms with E-state index in [0.717, 1.165) is 16.8 Å². The van der Waals surface area contributed by atoms with Gasteiger partial charge < -0.3 is 14.8 Å². The van der Waals surface area contributed by atoms with Gasteiger partial charge in [-0.05, 0) is 26.0 Å². The Labute approximate surface area is 162 Å². The molecule has 1 amide bonds. The quantitative estimate of drug-likeness (QED) is 0.692. The second-order valence-electron chi connectivity index (χ2n) is 5.48. The summed E-state index contributed by atoms with van der Waals surface area (Å²) < 4.78 is 49.5. The van der Waals surface area contributed by atoms with Crippen molar-refractivity contribution in [2.75, 3.05) is 18.5 Å². The standard InChI is InChI=1S/C17H17F3N4O5/c1-3-28-15(26)13-14(16(27)29-4-2)24(23-22-13)9-12(25)21-11-8-6-5-7-10(11)17(18,19)20/h5-8H,3-4,9H2,1-2H3,(H,21,25). The first-order valence-electron chi connectivity index (χ1n) is 8.42. The number of hydrogen-bond donors (Lipinski definition) is 1. The summed E-state index contributed by atoms with van der Waals surface area (Å²) in [5.74, 6) is -2.86. The molecule has 1 aromatic carbocycles. The highest BCUT2D eigenvalue weighted by Gasteiger charge is 2.34. The number of alkyl halides is 3. The van der Waals surface area contributed by atoms with E-state index in [1.807, 2.05) is 0 Å². The summed E-state index contributed by atoms with van der Waals surface area (Å²) >= 11 is 0. The van der Waals surface area contributed by atoms with Gasteiger partial charge >= 0.3 is 18.1 Å². The Bertz CT molecular complexity index is 911. The number of nitrogens with one attached hydrogen (secondary N) is 1. The summed E-state index contributed by atoms with van der Waals surface area (Å²) in [6.07, 6.45) is -4.68. The number of hydrogen-bond acceptors (Lipinski definition) is 7. The molecule has 0 radical (unpaired) electrons. The fourth-order valence-corrected chi connectivity index (χ4v) is 2.33. The minimum absolute atomic E-state index is 0.00265. The first-order chi connectivity index (χ1) is 13.7. The average molecular weight is 414 g/mol. The first-order valence-corrected chi connectivity index (χ1v) is 8.42. The van der Waals surface area contributed by atoms with E-state index in [1.54, 1.807) is 0 Å². The molecule has 2 rings (SSSR count). The minimum atomic E-state index is -4.68. The van der Waals surface area contributed by atoms with Gasteiger partial charge in [0.1, 0.15) is 6.54 Å². The van der Waals surface area contributed by atoms with E-state index in [0.29, 0.717) is 0 Å². The maximum atomic E-state index is 13.1. The maximum absolute atomic E-state index is 13.1. The fourth-order valence-electron chi connectivity index (χ4n) is 2.33. The fraction of sp³-hybridized carbons (Fsp3) is 0.353. The smallest absolute Gasteiger partial charge is 0.418 e. The van der Waals surface area contributed by atoms with Crippen LogP contribution in [0.3, 0.4) is 0 Å². The Kier molecular flexibility index (Phi) is 6.91. The number of carbonyl (C=O) groups excluding carboxylic acids is 3. The Morgan fingerprint density at radius 3 is 2.31 bits per heavy atom. The molecule has 29 heavy (non-hydrogen) atoms. The Morgan fingerprint density at radius 2 is 1.69 bits per heavy atom. The Balaban J connectivity index is 2.29. The second-order valence-corrected chi connectivity index (χ2v) is 5.48. The van der Waals surface area contributed by atoms with Crippen LogP contribution in [0.15, 0.2) is 24.3 Å². The van der Waals surface area contributed by atoms with E-state index in [9.17, 15) is 27.6 Å². The first kappa shape index (κ1) is 21.9. The lowest BCUT2D eigenvalue weighted by molar-refractivity contribution is -0.137. The molecule has 12 heteroatoms. The van der Waals surface area contributed by atoms with Crippen LogP contribution in [0.2, 0.25) is 0 Å². The molecule has 0 aliphatic rings. The van der Waals surface area contributed by atoms with Crippen molar-refractivity contribution >= 4 is 23.5 Å². The van der Waals surface area contributed by atoms with Crippen LogP contribution < -0.4 is 5.32 Å². The number of carbonyl (C=O) groups is 3. The van der Waals surface area contributed by atoms with Crippen molar-refractivity contribution in [2.45, 2.75) is 26.6 Å². The molecule has 0 spiro atoms. The molecule has 1 N–H and O–H groups in total. The monoisotopic (exact) mass is 414 g/mol. The largest absolute Gasteiger partial charge is 0.461 e. The van der Waals surface area contributed by atoms with Gasteiger partial charge in [-0.25, -0.2) is 14.3 Å². The highest BCUT2D eigenvalue weighted by molar-refractivity contribution is 6.01. The van der Waals surface area contributed by atoms with E-state index < -0.39 is 53.2 Å². The lowest BCUT2D eigenvalue weighted by atomic mass is 10.1. The minimum Gasteiger partial charge on any atom is -0.461 e. The third-order valence-corrected chi connectivity index (χ3v) is 3.47. The third-order valence-electron chi connectivity index (χ3n) is 3.47. The van der Waals surface area contributed by atoms with Gasteiger partial charge in [-0.2, -0.15) is 13.2 Å². The molecule has 156 valence electrons. The molecule has 9 nitrogen and oxygen atoms in total. The summed E-state index contributed by atoms with van der Waals surface area (Å²) in [4.78, 5) is 36.4. The zero-order valence-electron chi connectivity index (χ0n) is 15.4. The lowest BCUT2D eigenvalue weighted by Crippen LogP contribution is -2.25. The van der Waals surface area contributed by atoms with Gasteiger partial charge in [0.05, 0.1) is 24.5 Å². The van der Waals surface area contributed by atoms with Crippen molar-refractivity contribution in [3.05, 3.63) is 41.2 Å². The molecule has 0 fully saturated rings. The van der Waals surface area contributed by atoms with Crippen LogP contribution in [0, 0.1) is 0 Å². The number of benzene rings is 1. The van der Waals surface area contributed by atoms with Gasteiger partial charge in [0.25, 0.3) is 0 Å². The van der Waals surface area contributed by atoms with Gasteiger partial charge in [-0.15, -0.1) is 5.10 Å². The summed E-state index contributed by atoms with van der Waals surface area (Å²) in [6, 6.07) is 4.40. The van der Waals surface area contributed by atoms with Crippen molar-refractivity contribution in [1.29, 1.82) is 0 Å². The lowest BCUT2D eigenvalue weighted by Gasteiger charge is -2.13. The van der Waals surface area contributed by atoms with E-state index in [-0.39, 0.29) is 13.2 Å². The Hall–Kier alpha value is -3.44. The van der Waals surface area contributed by atoms with Crippen LogP contribution in [0.5, 0.6) is 0 Å². The highest BCUT2D eigenvalue weighted by atomic mass is 19.4. The summed E-state index contributed by atoms with van der Waals surface area (Å²) in [5, 5.41) is 9.20. The maximum Gasteiger partial charge on any atom is 0.418 e. The van der Waals surface area contributed by atoms with Crippen LogP contribution in [0.4, 0.5) is 18.9 Å². The number of esters is 2. The van der Waals surface area contributed by atoms with E-state index in [4.69, 9.17) is 9.47 Å². The number of anilines is 1. The molecule has 0 unspecified atom stereocenters. The normalized spacial score (nSPS) is 11.1. The number of rotatable bonds is 7. The number of ether oxygens (including phenoxy) is 2. The van der Waals surface area contributed by atoms with Gasteiger partial charge in [-0.1, -0.05) is 17.3 Å². The number of halogens is 3. The zero-order chi connectivity index (χ0) is 21.6. The molecule has 0 aliphatic heterocycles. The number of aromatic nitrogens is 3. The zero-order valence-corrected chi connectivity index (χ0v) is 15.4. The molecule has 0 saturated carbocycles. The second kappa shape index (κ2) is 9.17. The van der Waals surface area contributed by atoms with Crippen LogP contribution in [0.25, 0.3) is 0 Å². The average Bonchev–Trinajstić information content (AvgIpc) is 3.05. The Morgan fingerprint density at radius 1 is 1.07 bits per heavy atom. The van der Waals surface area contributed by atoms with E-state index >= 15 is 0 Å². The summed E-state index contributed by atoms with van der Waals surface area (Å²) in [5.41, 5.74) is -2.41. The van der Waals surface area contributed by atoms with Crippen molar-refractivity contribution in [2.24, 2.45) is 0 Å². The topological polar surface area (TPSA) is 112 Å². The third kappa shape index (κ3) is 5.30. The molecule has 1 heterocycles. The van der Waals surface area contributed by atoms with E-state index in [2.05, 4.69) is 15.6 Å².